The third kappa shape index (κ3) is 2.46. The predicted molar refractivity (Wildman–Crippen MR) is 78.9 cm³/mol. The van der Waals surface area contributed by atoms with Crippen LogP contribution in [0.25, 0.3) is 10.2 Å². The molecule has 0 saturated carbocycles. The average molecular weight is 263 g/mol. The topological polar surface area (TPSA) is 46.4 Å². The summed E-state index contributed by atoms with van der Waals surface area (Å²) in [6.45, 7) is 7.90. The third-order valence-electron chi connectivity index (χ3n) is 2.54. The van der Waals surface area contributed by atoms with E-state index < -0.39 is 0 Å². The lowest BCUT2D eigenvalue weighted by molar-refractivity contribution is 0.611. The molecule has 0 radical (unpaired) electrons. The van der Waals surface area contributed by atoms with E-state index in [0.29, 0.717) is 0 Å². The largest absolute Gasteiger partial charge is 0.308 e. The van der Waals surface area contributed by atoms with Crippen molar-refractivity contribution < 1.29 is 0 Å². The molecule has 0 fully saturated rings. The van der Waals surface area contributed by atoms with Crippen molar-refractivity contribution in [3.05, 3.63) is 27.9 Å². The summed E-state index contributed by atoms with van der Waals surface area (Å²) in [5.74, 6) is 0. The summed E-state index contributed by atoms with van der Waals surface area (Å²) in [6, 6.07) is 6.06. The summed E-state index contributed by atoms with van der Waals surface area (Å²) in [6.07, 6.45) is 0. The summed E-state index contributed by atoms with van der Waals surface area (Å²) in [5, 5.41) is 4.15. The fraction of sp³-hybridized carbons (Fsp3) is 0.385. The summed E-state index contributed by atoms with van der Waals surface area (Å²) < 4.78 is 2.81. The van der Waals surface area contributed by atoms with Crippen LogP contribution in [0.1, 0.15) is 33.7 Å². The second kappa shape index (κ2) is 4.94. The van der Waals surface area contributed by atoms with Crippen LogP contribution in [0.3, 0.4) is 0 Å². The number of hydrogen-bond donors (Lipinski definition) is 1. The second-order valence-electron chi connectivity index (χ2n) is 4.69. The maximum Gasteiger partial charge on any atom is 0.308 e. The summed E-state index contributed by atoms with van der Waals surface area (Å²) in [7, 11) is 0. The Kier molecular flexibility index (Phi) is 3.52. The minimum Gasteiger partial charge on any atom is -0.296 e. The Morgan fingerprint density at radius 2 is 2.11 bits per heavy atom. The van der Waals surface area contributed by atoms with Gasteiger partial charge in [0.15, 0.2) is 0 Å². The van der Waals surface area contributed by atoms with Crippen LogP contribution in [0.15, 0.2) is 28.1 Å². The van der Waals surface area contributed by atoms with Gasteiger partial charge in [0.2, 0.25) is 0 Å². The Hall–Kier alpha value is -1.62. The van der Waals surface area contributed by atoms with Crippen LogP contribution in [0, 0.1) is 0 Å². The van der Waals surface area contributed by atoms with Crippen molar-refractivity contribution in [3.63, 3.8) is 0 Å². The molecule has 1 N–H and O–H groups in total. The minimum atomic E-state index is 0.0901. The van der Waals surface area contributed by atoms with E-state index in [9.17, 15) is 4.79 Å². The van der Waals surface area contributed by atoms with E-state index in [1.807, 2.05) is 50.5 Å². The number of hydrazone groups is 1. The van der Waals surface area contributed by atoms with Gasteiger partial charge in [0.25, 0.3) is 0 Å². The number of aromatic nitrogens is 1. The smallest absolute Gasteiger partial charge is 0.296 e. The fourth-order valence-electron chi connectivity index (χ4n) is 1.77. The highest BCUT2D eigenvalue weighted by Gasteiger charge is 2.10. The van der Waals surface area contributed by atoms with E-state index in [2.05, 4.69) is 10.5 Å². The number of rotatable bonds is 3. The fourth-order valence-corrected chi connectivity index (χ4v) is 2.82. The van der Waals surface area contributed by atoms with Crippen LogP contribution in [0.4, 0.5) is 5.69 Å². The van der Waals surface area contributed by atoms with Crippen molar-refractivity contribution in [2.75, 3.05) is 5.43 Å². The highest BCUT2D eigenvalue weighted by Crippen LogP contribution is 2.24. The van der Waals surface area contributed by atoms with Crippen LogP contribution in [-0.4, -0.2) is 10.3 Å². The molecule has 96 valence electrons. The molecule has 0 atom stereocenters. The number of nitrogens with zero attached hydrogens (tertiary/aromatic N) is 2. The molecular weight excluding hydrogens is 246 g/mol. The number of fused-ring (bicyclic) bond motifs is 1. The van der Waals surface area contributed by atoms with Crippen LogP contribution >= 0.6 is 11.3 Å². The average Bonchev–Trinajstić information content (AvgIpc) is 2.61. The molecule has 0 amide bonds. The first-order valence-corrected chi connectivity index (χ1v) is 6.72. The number of thiazole rings is 1. The Balaban J connectivity index is 2.48. The molecule has 4 nitrogen and oxygen atoms in total. The van der Waals surface area contributed by atoms with Gasteiger partial charge in [0, 0.05) is 11.8 Å². The third-order valence-corrected chi connectivity index (χ3v) is 3.46. The molecule has 1 heterocycles. The highest BCUT2D eigenvalue weighted by atomic mass is 32.1. The number of hydrogen-bond acceptors (Lipinski definition) is 4. The molecule has 0 aliphatic carbocycles. The van der Waals surface area contributed by atoms with Gasteiger partial charge in [0.05, 0.1) is 15.9 Å². The zero-order chi connectivity index (χ0) is 13.3. The monoisotopic (exact) mass is 263 g/mol. The molecule has 0 saturated heterocycles. The second-order valence-corrected chi connectivity index (χ2v) is 5.68. The van der Waals surface area contributed by atoms with E-state index in [4.69, 9.17) is 0 Å². The first-order chi connectivity index (χ1) is 8.49. The molecule has 2 aromatic rings. The molecule has 0 aliphatic heterocycles. The van der Waals surface area contributed by atoms with Gasteiger partial charge in [-0.1, -0.05) is 11.3 Å². The van der Waals surface area contributed by atoms with Crippen molar-refractivity contribution in [1.29, 1.82) is 0 Å². The molecule has 0 aliphatic rings. The van der Waals surface area contributed by atoms with E-state index in [-0.39, 0.29) is 10.9 Å². The molecule has 18 heavy (non-hydrogen) atoms. The molecule has 0 spiro atoms. The highest BCUT2D eigenvalue weighted by molar-refractivity contribution is 7.16. The first-order valence-electron chi connectivity index (χ1n) is 5.91. The Morgan fingerprint density at radius 1 is 1.39 bits per heavy atom. The van der Waals surface area contributed by atoms with Gasteiger partial charge >= 0.3 is 4.87 Å². The number of nitrogens with one attached hydrogen (secondary N) is 1. The molecule has 0 bridgehead atoms. The zero-order valence-corrected chi connectivity index (χ0v) is 11.8. The Bertz CT molecular complexity index is 648. The van der Waals surface area contributed by atoms with Crippen molar-refractivity contribution in [2.24, 2.45) is 5.10 Å². The van der Waals surface area contributed by atoms with E-state index in [1.165, 1.54) is 11.3 Å². The van der Waals surface area contributed by atoms with Crippen molar-refractivity contribution in [3.8, 4) is 0 Å². The van der Waals surface area contributed by atoms with Crippen LogP contribution in [-0.2, 0) is 0 Å². The summed E-state index contributed by atoms with van der Waals surface area (Å²) in [4.78, 5) is 12.0. The SMILES string of the molecule is CC(C)=NNc1ccc2c(c1)sc(=O)n2C(C)C. The lowest BCUT2D eigenvalue weighted by Crippen LogP contribution is -2.14. The summed E-state index contributed by atoms with van der Waals surface area (Å²) >= 11 is 1.27. The molecule has 1 aromatic carbocycles. The minimum absolute atomic E-state index is 0.0901. The normalized spacial score (nSPS) is 10.9. The molecule has 1 aromatic heterocycles. The van der Waals surface area contributed by atoms with Crippen molar-refractivity contribution in [2.45, 2.75) is 33.7 Å². The molecule has 2 rings (SSSR count). The van der Waals surface area contributed by atoms with E-state index in [0.717, 1.165) is 21.6 Å². The maximum absolute atomic E-state index is 11.9. The Morgan fingerprint density at radius 3 is 2.72 bits per heavy atom. The van der Waals surface area contributed by atoms with Crippen molar-refractivity contribution in [1.82, 2.24) is 4.57 Å². The zero-order valence-electron chi connectivity index (χ0n) is 11.0. The van der Waals surface area contributed by atoms with Crippen molar-refractivity contribution >= 4 is 33.0 Å². The lowest BCUT2D eigenvalue weighted by Gasteiger charge is -2.07. The van der Waals surface area contributed by atoms with Crippen LogP contribution < -0.4 is 10.3 Å². The molecule has 0 unspecified atom stereocenters. The standard InChI is InChI=1S/C13H17N3OS/c1-8(2)14-15-10-5-6-11-12(7-10)18-13(17)16(11)9(3)4/h5-7,9,15H,1-4H3. The Labute approximate surface area is 110 Å². The van der Waals surface area contributed by atoms with Crippen LogP contribution in [0.5, 0.6) is 0 Å². The number of benzene rings is 1. The van der Waals surface area contributed by atoms with Gasteiger partial charge in [-0.2, -0.15) is 5.10 Å². The predicted octanol–water partition coefficient (Wildman–Crippen LogP) is 3.45. The van der Waals surface area contributed by atoms with Gasteiger partial charge in [-0.25, -0.2) is 0 Å². The molecule has 5 heteroatoms. The van der Waals surface area contributed by atoms with Gasteiger partial charge in [-0.3, -0.25) is 14.8 Å². The van der Waals surface area contributed by atoms with Crippen LogP contribution in [0.2, 0.25) is 0 Å². The van der Waals surface area contributed by atoms with E-state index >= 15 is 0 Å². The van der Waals surface area contributed by atoms with Gasteiger partial charge in [-0.15, -0.1) is 0 Å². The summed E-state index contributed by atoms with van der Waals surface area (Å²) in [5.41, 5.74) is 5.83. The van der Waals surface area contributed by atoms with E-state index in [1.54, 1.807) is 0 Å². The lowest BCUT2D eigenvalue weighted by atomic mass is 10.3. The maximum atomic E-state index is 11.9. The van der Waals surface area contributed by atoms with Gasteiger partial charge in [0.1, 0.15) is 0 Å². The first kappa shape index (κ1) is 12.8. The van der Waals surface area contributed by atoms with Gasteiger partial charge < -0.3 is 0 Å². The number of anilines is 1. The molecular formula is C13H17N3OS. The quantitative estimate of drug-likeness (QED) is 0.681. The van der Waals surface area contributed by atoms with Gasteiger partial charge in [-0.05, 0) is 45.9 Å².